The third kappa shape index (κ3) is 4.21. The SMILES string of the molecule is O=P(c1ccccc1)(c1ccccc1)c1ccc(-c2cccc(-c3nc4ccccc4n4c3cc3ccccc34)c2)cc1. The normalized spacial score (nSPS) is 11.8. The van der Waals surface area contributed by atoms with Crippen molar-refractivity contribution in [3.05, 3.63) is 164 Å². The van der Waals surface area contributed by atoms with Crippen molar-refractivity contribution in [3.63, 3.8) is 0 Å². The first-order chi connectivity index (χ1) is 21.2. The number of aromatic nitrogens is 2. The number of nitrogens with zero attached hydrogens (tertiary/aromatic N) is 2. The highest BCUT2D eigenvalue weighted by Gasteiger charge is 2.29. The molecule has 0 saturated heterocycles. The Kier molecular flexibility index (Phi) is 6.06. The summed E-state index contributed by atoms with van der Waals surface area (Å²) < 4.78 is 17.1. The van der Waals surface area contributed by atoms with Crippen LogP contribution in [0.2, 0.25) is 0 Å². The summed E-state index contributed by atoms with van der Waals surface area (Å²) in [6.07, 6.45) is 0. The van der Waals surface area contributed by atoms with E-state index in [4.69, 9.17) is 4.98 Å². The van der Waals surface area contributed by atoms with Crippen molar-refractivity contribution in [1.82, 2.24) is 9.38 Å². The van der Waals surface area contributed by atoms with E-state index in [1.165, 1.54) is 10.9 Å². The van der Waals surface area contributed by atoms with Gasteiger partial charge < -0.3 is 8.97 Å². The van der Waals surface area contributed by atoms with Gasteiger partial charge in [0.25, 0.3) is 0 Å². The zero-order chi connectivity index (χ0) is 28.8. The summed E-state index contributed by atoms with van der Waals surface area (Å²) in [4.78, 5) is 5.16. The third-order valence-electron chi connectivity index (χ3n) is 8.25. The maximum atomic E-state index is 14.8. The van der Waals surface area contributed by atoms with E-state index in [2.05, 4.69) is 89.3 Å². The summed E-state index contributed by atoms with van der Waals surface area (Å²) in [6.45, 7) is 0. The van der Waals surface area contributed by atoms with Crippen LogP contribution in [0, 0.1) is 0 Å². The molecule has 0 amide bonds. The minimum absolute atomic E-state index is 0.822. The molecule has 6 aromatic carbocycles. The quantitative estimate of drug-likeness (QED) is 0.194. The standard InChI is InChI=1S/C39H27N2OP/c42-43(32-15-3-1-4-16-32,33-17-5-2-6-18-33)34-24-22-28(23-25-34)29-13-11-14-31(26-29)39-38-27-30-12-7-9-20-36(30)41(38)37-21-10-8-19-35(37)40-39/h1-27H. The van der Waals surface area contributed by atoms with Crippen molar-refractivity contribution in [3.8, 4) is 22.4 Å². The van der Waals surface area contributed by atoms with E-state index < -0.39 is 7.14 Å². The first-order valence-corrected chi connectivity index (χ1v) is 16.1. The first kappa shape index (κ1) is 25.5. The first-order valence-electron chi connectivity index (χ1n) is 14.4. The van der Waals surface area contributed by atoms with E-state index in [1.54, 1.807) is 0 Å². The topological polar surface area (TPSA) is 34.4 Å². The zero-order valence-electron chi connectivity index (χ0n) is 23.3. The lowest BCUT2D eigenvalue weighted by Crippen LogP contribution is -2.24. The molecule has 0 unspecified atom stereocenters. The van der Waals surface area contributed by atoms with Crippen LogP contribution in [-0.2, 0) is 4.57 Å². The Morgan fingerprint density at radius 2 is 1.02 bits per heavy atom. The van der Waals surface area contributed by atoms with Gasteiger partial charge in [0.2, 0.25) is 0 Å². The largest absolute Gasteiger partial charge is 0.309 e. The molecule has 0 N–H and O–H groups in total. The molecule has 0 spiro atoms. The lowest BCUT2D eigenvalue weighted by atomic mass is 10.0. The van der Waals surface area contributed by atoms with Gasteiger partial charge >= 0.3 is 0 Å². The van der Waals surface area contributed by atoms with Crippen molar-refractivity contribution in [2.24, 2.45) is 0 Å². The van der Waals surface area contributed by atoms with Crippen molar-refractivity contribution in [1.29, 1.82) is 0 Å². The van der Waals surface area contributed by atoms with Gasteiger partial charge in [-0.15, -0.1) is 0 Å². The van der Waals surface area contributed by atoms with Gasteiger partial charge in [0.1, 0.15) is 0 Å². The van der Waals surface area contributed by atoms with E-state index in [0.717, 1.165) is 54.8 Å². The molecule has 2 heterocycles. The van der Waals surface area contributed by atoms with E-state index in [-0.39, 0.29) is 0 Å². The van der Waals surface area contributed by atoms with Crippen LogP contribution in [0.4, 0.5) is 0 Å². The number of para-hydroxylation sites is 3. The van der Waals surface area contributed by atoms with E-state index in [0.29, 0.717) is 0 Å². The minimum atomic E-state index is -3.02. The molecule has 0 bridgehead atoms. The average molecular weight is 571 g/mol. The summed E-state index contributed by atoms with van der Waals surface area (Å²) in [5, 5.41) is 3.68. The maximum Gasteiger partial charge on any atom is 0.171 e. The van der Waals surface area contributed by atoms with Crippen molar-refractivity contribution >= 4 is 50.5 Å². The van der Waals surface area contributed by atoms with Crippen LogP contribution >= 0.6 is 7.14 Å². The number of rotatable bonds is 5. The molecule has 4 heteroatoms. The second-order valence-corrected chi connectivity index (χ2v) is 13.5. The smallest absolute Gasteiger partial charge is 0.171 e. The fraction of sp³-hybridized carbons (Fsp3) is 0. The van der Waals surface area contributed by atoms with Gasteiger partial charge in [0.15, 0.2) is 7.14 Å². The van der Waals surface area contributed by atoms with Crippen LogP contribution in [0.15, 0.2) is 164 Å². The van der Waals surface area contributed by atoms with Crippen molar-refractivity contribution < 1.29 is 4.57 Å². The summed E-state index contributed by atoms with van der Waals surface area (Å²) in [7, 11) is -3.02. The van der Waals surface area contributed by atoms with Gasteiger partial charge in [-0.05, 0) is 41.5 Å². The molecule has 0 saturated carbocycles. The molecule has 3 nitrogen and oxygen atoms in total. The molecule has 0 aliphatic rings. The Balaban J connectivity index is 1.25. The lowest BCUT2D eigenvalue weighted by Gasteiger charge is -2.20. The van der Waals surface area contributed by atoms with Crippen molar-refractivity contribution in [2.45, 2.75) is 0 Å². The number of hydrogen-bond donors (Lipinski definition) is 0. The number of fused-ring (bicyclic) bond motifs is 5. The Morgan fingerprint density at radius 3 is 1.74 bits per heavy atom. The monoisotopic (exact) mass is 570 g/mol. The van der Waals surface area contributed by atoms with Crippen molar-refractivity contribution in [2.75, 3.05) is 0 Å². The molecule has 0 fully saturated rings. The van der Waals surface area contributed by atoms with Gasteiger partial charge in [-0.1, -0.05) is 133 Å². The van der Waals surface area contributed by atoms with Gasteiger partial charge in [-0.3, -0.25) is 0 Å². The Bertz CT molecular complexity index is 2260. The van der Waals surface area contributed by atoms with E-state index in [1.807, 2.05) is 78.9 Å². The fourth-order valence-electron chi connectivity index (χ4n) is 6.16. The highest BCUT2D eigenvalue weighted by Crippen LogP contribution is 2.42. The highest BCUT2D eigenvalue weighted by atomic mass is 31.2. The fourth-order valence-corrected chi connectivity index (χ4v) is 8.81. The van der Waals surface area contributed by atoms with Crippen LogP contribution in [0.1, 0.15) is 0 Å². The summed E-state index contributed by atoms with van der Waals surface area (Å²) in [5.41, 5.74) is 8.46. The zero-order valence-corrected chi connectivity index (χ0v) is 24.2. The molecule has 2 aromatic heterocycles. The highest BCUT2D eigenvalue weighted by molar-refractivity contribution is 7.85. The van der Waals surface area contributed by atoms with E-state index in [9.17, 15) is 4.57 Å². The average Bonchev–Trinajstić information content (AvgIpc) is 3.48. The predicted molar refractivity (Wildman–Crippen MR) is 180 cm³/mol. The molecular formula is C39H27N2OP. The molecule has 8 aromatic rings. The summed E-state index contributed by atoms with van der Waals surface area (Å²) >= 11 is 0. The van der Waals surface area contributed by atoms with Gasteiger partial charge in [-0.25, -0.2) is 4.98 Å². The molecule has 0 atom stereocenters. The van der Waals surface area contributed by atoms with Crippen LogP contribution < -0.4 is 15.9 Å². The number of benzene rings is 6. The third-order valence-corrected chi connectivity index (χ3v) is 11.3. The second kappa shape index (κ2) is 10.2. The lowest BCUT2D eigenvalue weighted by molar-refractivity contribution is 0.592. The molecule has 204 valence electrons. The molecule has 43 heavy (non-hydrogen) atoms. The van der Waals surface area contributed by atoms with Crippen LogP contribution in [-0.4, -0.2) is 9.38 Å². The molecular weight excluding hydrogens is 543 g/mol. The summed E-state index contributed by atoms with van der Waals surface area (Å²) in [6, 6.07) is 55.4. The van der Waals surface area contributed by atoms with Gasteiger partial charge in [-0.2, -0.15) is 0 Å². The summed E-state index contributed by atoms with van der Waals surface area (Å²) in [5.74, 6) is 0. The number of hydrogen-bond acceptors (Lipinski definition) is 2. The minimum Gasteiger partial charge on any atom is -0.309 e. The van der Waals surface area contributed by atoms with Gasteiger partial charge in [0.05, 0.1) is 27.8 Å². The van der Waals surface area contributed by atoms with E-state index >= 15 is 0 Å². The molecule has 0 aliphatic heterocycles. The van der Waals surface area contributed by atoms with Crippen LogP contribution in [0.25, 0.3) is 49.8 Å². The Hall–Kier alpha value is -5.24. The van der Waals surface area contributed by atoms with Crippen LogP contribution in [0.5, 0.6) is 0 Å². The maximum absolute atomic E-state index is 14.8. The molecule has 8 rings (SSSR count). The molecule has 0 aliphatic carbocycles. The van der Waals surface area contributed by atoms with Gasteiger partial charge in [0, 0.05) is 26.9 Å². The predicted octanol–water partition coefficient (Wildman–Crippen LogP) is 8.61. The molecule has 0 radical (unpaired) electrons. The Morgan fingerprint density at radius 1 is 0.442 bits per heavy atom. The Labute approximate surface area is 250 Å². The van der Waals surface area contributed by atoms with Crippen LogP contribution in [0.3, 0.4) is 0 Å². The second-order valence-electron chi connectivity index (χ2n) is 10.8.